The predicted octanol–water partition coefficient (Wildman–Crippen LogP) is 0.280. The molecule has 0 amide bonds. The summed E-state index contributed by atoms with van der Waals surface area (Å²) in [6.07, 6.45) is 2.34. The minimum absolute atomic E-state index is 0. The van der Waals surface area contributed by atoms with Crippen LogP contribution in [0.15, 0.2) is 30.3 Å². The quantitative estimate of drug-likeness (QED) is 0.347. The molecule has 1 N–H and O–H groups in total. The van der Waals surface area contributed by atoms with Crippen LogP contribution in [0.5, 0.6) is 11.5 Å². The molecule has 1 aromatic heterocycles. The van der Waals surface area contributed by atoms with Gasteiger partial charge in [0.15, 0.2) is 11.5 Å². The maximum Gasteiger partial charge on any atom is 1.00 e. The molecule has 8 nitrogen and oxygen atoms in total. The van der Waals surface area contributed by atoms with E-state index in [9.17, 15) is 14.7 Å². The van der Waals surface area contributed by atoms with Crippen LogP contribution in [0.4, 0.5) is 5.00 Å². The third-order valence-electron chi connectivity index (χ3n) is 4.75. The van der Waals surface area contributed by atoms with E-state index in [1.165, 1.54) is 0 Å². The molecule has 0 aliphatic carbocycles. The van der Waals surface area contributed by atoms with Crippen molar-refractivity contribution in [3.8, 4) is 17.6 Å². The van der Waals surface area contributed by atoms with Gasteiger partial charge in [-0.3, -0.25) is 4.57 Å². The number of phosphoric ester groups is 1. The third kappa shape index (κ3) is 7.07. The second kappa shape index (κ2) is 11.5. The van der Waals surface area contributed by atoms with Crippen LogP contribution in [-0.4, -0.2) is 38.3 Å². The van der Waals surface area contributed by atoms with Crippen LogP contribution >= 0.6 is 19.2 Å². The minimum Gasteiger partial charge on any atom is -0.756 e. The van der Waals surface area contributed by atoms with Crippen molar-refractivity contribution in [3.63, 3.8) is 0 Å². The largest absolute Gasteiger partial charge is 1.00 e. The maximum atomic E-state index is 10.9. The molecule has 1 aromatic carbocycles. The number of nitrogens with zero attached hydrogens (tertiary/aromatic N) is 2. The Kier molecular flexibility index (Phi) is 9.62. The molecular weight excluding hydrogens is 450 g/mol. The van der Waals surface area contributed by atoms with Gasteiger partial charge in [0, 0.05) is 18.0 Å². The number of thiophene rings is 1. The van der Waals surface area contributed by atoms with Crippen molar-refractivity contribution < 1.29 is 57.9 Å². The maximum absolute atomic E-state index is 10.9. The SMILES string of the molecule is COc1ccc(/C(C#N)=C/c2ccc(N3CCC(OP(=O)([O-])O)CC3)s2)cc1OC.[Na+]. The summed E-state index contributed by atoms with van der Waals surface area (Å²) in [5.74, 6) is 1.15. The van der Waals surface area contributed by atoms with Crippen LogP contribution in [0, 0.1) is 11.3 Å². The molecule has 31 heavy (non-hydrogen) atoms. The average molecular weight is 472 g/mol. The summed E-state index contributed by atoms with van der Waals surface area (Å²) in [6.45, 7) is 1.24. The molecule has 0 bridgehead atoms. The molecule has 1 saturated heterocycles. The average Bonchev–Trinajstić information content (AvgIpc) is 3.19. The molecule has 0 saturated carbocycles. The topological polar surface area (TPSA) is 115 Å². The summed E-state index contributed by atoms with van der Waals surface area (Å²) in [4.78, 5) is 22.8. The first-order valence-electron chi connectivity index (χ1n) is 9.24. The molecule has 11 heteroatoms. The summed E-state index contributed by atoms with van der Waals surface area (Å²) in [6, 6.07) is 11.5. The Morgan fingerprint density at radius 1 is 1.26 bits per heavy atom. The van der Waals surface area contributed by atoms with E-state index in [-0.39, 0.29) is 29.6 Å². The fourth-order valence-corrected chi connectivity index (χ4v) is 4.88. The summed E-state index contributed by atoms with van der Waals surface area (Å²) in [5, 5.41) is 10.7. The van der Waals surface area contributed by atoms with Crippen LogP contribution in [0.2, 0.25) is 0 Å². The Balaban J connectivity index is 0.00000341. The second-order valence-corrected chi connectivity index (χ2v) is 8.92. The van der Waals surface area contributed by atoms with Crippen molar-refractivity contribution in [1.82, 2.24) is 0 Å². The number of methoxy groups -OCH3 is 2. The van der Waals surface area contributed by atoms with Crippen LogP contribution in [0.1, 0.15) is 23.3 Å². The predicted molar refractivity (Wildman–Crippen MR) is 113 cm³/mol. The van der Waals surface area contributed by atoms with Crippen molar-refractivity contribution in [1.29, 1.82) is 5.26 Å². The number of nitriles is 1. The molecule has 3 rings (SSSR count). The van der Waals surface area contributed by atoms with Crippen LogP contribution in [-0.2, 0) is 9.09 Å². The first-order valence-corrected chi connectivity index (χ1v) is 11.6. The van der Waals surface area contributed by atoms with Gasteiger partial charge in [0.25, 0.3) is 7.82 Å². The Morgan fingerprint density at radius 2 is 1.94 bits per heavy atom. The summed E-state index contributed by atoms with van der Waals surface area (Å²) in [7, 11) is -1.59. The van der Waals surface area contributed by atoms with E-state index in [0.717, 1.165) is 15.4 Å². The first-order chi connectivity index (χ1) is 14.3. The van der Waals surface area contributed by atoms with Gasteiger partial charge in [0.05, 0.1) is 37.0 Å². The van der Waals surface area contributed by atoms with Crippen LogP contribution < -0.4 is 48.8 Å². The van der Waals surface area contributed by atoms with Gasteiger partial charge in [-0.2, -0.15) is 5.26 Å². The van der Waals surface area contributed by atoms with E-state index >= 15 is 0 Å². The van der Waals surface area contributed by atoms with Gasteiger partial charge in [-0.15, -0.1) is 11.3 Å². The van der Waals surface area contributed by atoms with Crippen LogP contribution in [0.25, 0.3) is 11.6 Å². The zero-order valence-electron chi connectivity index (χ0n) is 17.6. The summed E-state index contributed by atoms with van der Waals surface area (Å²) < 4.78 is 26.1. The molecule has 1 aliphatic rings. The summed E-state index contributed by atoms with van der Waals surface area (Å²) in [5.41, 5.74) is 1.24. The monoisotopic (exact) mass is 472 g/mol. The molecule has 1 aliphatic heterocycles. The molecule has 2 aromatic rings. The van der Waals surface area contributed by atoms with E-state index in [4.69, 9.17) is 14.4 Å². The Morgan fingerprint density at radius 3 is 2.52 bits per heavy atom. The molecule has 2 heterocycles. The molecule has 160 valence electrons. The van der Waals surface area contributed by atoms with E-state index < -0.39 is 13.9 Å². The minimum atomic E-state index is -4.70. The number of hydrogen-bond donors (Lipinski definition) is 1. The molecule has 1 unspecified atom stereocenters. The molecule has 1 fully saturated rings. The Labute approximate surface area is 207 Å². The van der Waals surface area contributed by atoms with Crippen molar-refractivity contribution in [2.45, 2.75) is 18.9 Å². The van der Waals surface area contributed by atoms with E-state index in [1.807, 2.05) is 24.3 Å². The summed E-state index contributed by atoms with van der Waals surface area (Å²) >= 11 is 1.55. The number of benzene rings is 1. The van der Waals surface area contributed by atoms with E-state index in [1.54, 1.807) is 37.7 Å². The number of allylic oxidation sites excluding steroid dienone is 1. The normalized spacial score (nSPS) is 16.7. The van der Waals surface area contributed by atoms with Crippen molar-refractivity contribution in [3.05, 3.63) is 40.8 Å². The molecular formula is C20H22N2NaO6PS. The van der Waals surface area contributed by atoms with Crippen molar-refractivity contribution >= 4 is 35.8 Å². The number of anilines is 1. The number of ether oxygens (including phenoxy) is 2. The van der Waals surface area contributed by atoms with Gasteiger partial charge >= 0.3 is 29.6 Å². The third-order valence-corrected chi connectivity index (χ3v) is 6.41. The molecule has 1 atom stereocenters. The van der Waals surface area contributed by atoms with Gasteiger partial charge in [-0.05, 0) is 54.8 Å². The van der Waals surface area contributed by atoms with Crippen molar-refractivity contribution in [2.75, 3.05) is 32.2 Å². The Bertz CT molecular complexity index is 1010. The van der Waals surface area contributed by atoms with E-state index in [2.05, 4.69) is 15.5 Å². The number of hydrogen-bond acceptors (Lipinski definition) is 8. The van der Waals surface area contributed by atoms with Gasteiger partial charge in [0.2, 0.25) is 0 Å². The number of piperidine rings is 1. The van der Waals surface area contributed by atoms with Crippen molar-refractivity contribution in [2.24, 2.45) is 0 Å². The number of phosphoric acid groups is 1. The van der Waals surface area contributed by atoms with Gasteiger partial charge in [0.1, 0.15) is 0 Å². The van der Waals surface area contributed by atoms with Gasteiger partial charge in [-0.1, -0.05) is 0 Å². The van der Waals surface area contributed by atoms with Gasteiger partial charge in [-0.25, -0.2) is 0 Å². The fourth-order valence-electron chi connectivity index (χ4n) is 3.29. The molecule has 0 spiro atoms. The standard InChI is InChI=1S/C20H23N2O6PS.Na/c1-26-18-5-3-14(12-19(18)27-2)15(13-21)11-17-4-6-20(30-17)22-9-7-16(8-10-22)28-29(23,24)25;/h3-6,11-12,16H,7-10H2,1-2H3,(H2,23,24,25);/q;+1/p-1/b15-11+;. The zero-order valence-corrected chi connectivity index (χ0v) is 21.3. The second-order valence-electron chi connectivity index (χ2n) is 6.68. The van der Waals surface area contributed by atoms with Gasteiger partial charge < -0.3 is 28.7 Å². The fraction of sp³-hybridized carbons (Fsp3) is 0.350. The van der Waals surface area contributed by atoms with E-state index in [0.29, 0.717) is 43.0 Å². The first kappa shape index (κ1) is 25.9. The zero-order chi connectivity index (χ0) is 21.7. The number of rotatable bonds is 7. The Hall–Kier alpha value is -1.34. The molecule has 0 radical (unpaired) electrons. The van der Waals surface area contributed by atoms with Crippen LogP contribution in [0.3, 0.4) is 0 Å². The smallest absolute Gasteiger partial charge is 0.756 e.